The van der Waals surface area contributed by atoms with Crippen molar-refractivity contribution >= 4 is 5.97 Å². The lowest BCUT2D eigenvalue weighted by Gasteiger charge is -2.10. The minimum Gasteiger partial charge on any atom is -0.481 e. The first-order valence-electron chi connectivity index (χ1n) is 4.99. The molecule has 5 nitrogen and oxygen atoms in total. The number of aromatic nitrogens is 1. The lowest BCUT2D eigenvalue weighted by atomic mass is 10.1. The molecule has 0 amide bonds. The highest BCUT2D eigenvalue weighted by Crippen LogP contribution is 2.27. The van der Waals surface area contributed by atoms with E-state index in [9.17, 15) is 13.6 Å². The first-order chi connectivity index (χ1) is 8.54. The van der Waals surface area contributed by atoms with Gasteiger partial charge in [0.05, 0.1) is 19.3 Å². The molecule has 96 valence electrons. The Kier molecular flexibility index (Phi) is 4.54. The number of pyridine rings is 1. The number of carbonyl (C=O) groups is 1. The summed E-state index contributed by atoms with van der Waals surface area (Å²) in [6.07, 6.45) is -3.01. The number of carbonyl (C=O) groups excluding carboxylic acids is 1. The molecule has 0 atom stereocenters. The van der Waals surface area contributed by atoms with Crippen LogP contribution in [0.3, 0.4) is 0 Å². The average molecular weight is 256 g/mol. The molecule has 1 heterocycles. The van der Waals surface area contributed by atoms with Gasteiger partial charge in [0.15, 0.2) is 0 Å². The van der Waals surface area contributed by atoms with Crippen molar-refractivity contribution < 1.29 is 23.0 Å². The largest absolute Gasteiger partial charge is 0.481 e. The Balaban J connectivity index is 3.45. The Labute approximate surface area is 102 Å². The number of rotatable bonds is 4. The van der Waals surface area contributed by atoms with E-state index in [2.05, 4.69) is 9.72 Å². The van der Waals surface area contributed by atoms with E-state index in [4.69, 9.17) is 10.00 Å². The normalized spacial score (nSPS) is 10.0. The van der Waals surface area contributed by atoms with Crippen LogP contribution >= 0.6 is 0 Å². The second-order valence-electron chi connectivity index (χ2n) is 3.11. The first kappa shape index (κ1) is 13.8. The Bertz CT molecular complexity index is 498. The van der Waals surface area contributed by atoms with Gasteiger partial charge in [-0.25, -0.2) is 18.6 Å². The third kappa shape index (κ3) is 2.71. The lowest BCUT2D eigenvalue weighted by molar-refractivity contribution is 0.0512. The van der Waals surface area contributed by atoms with Crippen molar-refractivity contribution in [1.29, 1.82) is 5.26 Å². The van der Waals surface area contributed by atoms with Gasteiger partial charge in [0, 0.05) is 6.07 Å². The molecule has 0 radical (unpaired) electrons. The molecule has 0 fully saturated rings. The van der Waals surface area contributed by atoms with Crippen molar-refractivity contribution in [2.24, 2.45) is 0 Å². The number of hydrogen-bond donors (Lipinski definition) is 0. The zero-order valence-electron chi connectivity index (χ0n) is 9.74. The molecular formula is C11H10F2N2O3. The van der Waals surface area contributed by atoms with Gasteiger partial charge in [-0.15, -0.1) is 0 Å². The molecule has 0 aliphatic heterocycles. The molecule has 0 N–H and O–H groups in total. The van der Waals surface area contributed by atoms with Crippen molar-refractivity contribution in [3.05, 3.63) is 22.9 Å². The molecule has 0 unspecified atom stereocenters. The highest BCUT2D eigenvalue weighted by atomic mass is 19.3. The van der Waals surface area contributed by atoms with Crippen molar-refractivity contribution in [3.63, 3.8) is 0 Å². The quantitative estimate of drug-likeness (QED) is 0.771. The van der Waals surface area contributed by atoms with Crippen LogP contribution in [0.25, 0.3) is 0 Å². The summed E-state index contributed by atoms with van der Waals surface area (Å²) >= 11 is 0. The Morgan fingerprint density at radius 3 is 2.72 bits per heavy atom. The van der Waals surface area contributed by atoms with Gasteiger partial charge in [0.25, 0.3) is 6.43 Å². The second-order valence-corrected chi connectivity index (χ2v) is 3.11. The van der Waals surface area contributed by atoms with Crippen LogP contribution in [0, 0.1) is 11.3 Å². The summed E-state index contributed by atoms with van der Waals surface area (Å²) in [6, 6.07) is 2.76. The van der Waals surface area contributed by atoms with Gasteiger partial charge < -0.3 is 9.47 Å². The molecule has 0 aromatic carbocycles. The summed E-state index contributed by atoms with van der Waals surface area (Å²) in [5.74, 6) is -1.16. The third-order valence-corrected chi connectivity index (χ3v) is 2.04. The van der Waals surface area contributed by atoms with Crippen LogP contribution in [-0.4, -0.2) is 24.7 Å². The summed E-state index contributed by atoms with van der Waals surface area (Å²) in [7, 11) is 1.22. The molecular weight excluding hydrogens is 246 g/mol. The van der Waals surface area contributed by atoms with Crippen molar-refractivity contribution in [2.75, 3.05) is 13.7 Å². The SMILES string of the molecule is CCOC(=O)c1c(C#N)cc(OC)nc1C(F)F. The third-order valence-electron chi connectivity index (χ3n) is 2.04. The monoisotopic (exact) mass is 256 g/mol. The predicted molar refractivity (Wildman–Crippen MR) is 56.4 cm³/mol. The molecule has 0 bridgehead atoms. The van der Waals surface area contributed by atoms with E-state index in [-0.39, 0.29) is 18.1 Å². The topological polar surface area (TPSA) is 72.2 Å². The van der Waals surface area contributed by atoms with Crippen LogP contribution in [0.1, 0.15) is 35.0 Å². The Morgan fingerprint density at radius 2 is 2.28 bits per heavy atom. The summed E-state index contributed by atoms with van der Waals surface area (Å²) in [5.41, 5.74) is -1.59. The number of methoxy groups -OCH3 is 1. The van der Waals surface area contributed by atoms with Gasteiger partial charge in [0.1, 0.15) is 17.3 Å². The number of nitrogens with zero attached hydrogens (tertiary/aromatic N) is 2. The summed E-state index contributed by atoms with van der Waals surface area (Å²) in [6.45, 7) is 1.54. The first-order valence-corrected chi connectivity index (χ1v) is 4.99. The van der Waals surface area contributed by atoms with Crippen LogP contribution in [-0.2, 0) is 4.74 Å². The van der Waals surface area contributed by atoms with E-state index < -0.39 is 23.7 Å². The smallest absolute Gasteiger partial charge is 0.341 e. The Hall–Kier alpha value is -2.23. The fraction of sp³-hybridized carbons (Fsp3) is 0.364. The maximum absolute atomic E-state index is 12.8. The predicted octanol–water partition coefficient (Wildman–Crippen LogP) is 2.08. The standard InChI is InChI=1S/C11H10F2N2O3/c1-3-18-11(16)8-6(5-14)4-7(17-2)15-9(8)10(12)13/h4,10H,3H2,1-2H3. The number of alkyl halides is 2. The van der Waals surface area contributed by atoms with Gasteiger partial charge >= 0.3 is 5.97 Å². The molecule has 1 aromatic rings. The minimum atomic E-state index is -3.01. The minimum absolute atomic E-state index is 0.0123. The fourth-order valence-electron chi connectivity index (χ4n) is 1.31. The zero-order valence-corrected chi connectivity index (χ0v) is 9.74. The summed E-state index contributed by atoms with van der Waals surface area (Å²) < 4.78 is 35.0. The number of hydrogen-bond acceptors (Lipinski definition) is 5. The van der Waals surface area contributed by atoms with E-state index in [1.54, 1.807) is 6.07 Å². The molecule has 0 saturated heterocycles. The van der Waals surface area contributed by atoms with E-state index in [0.717, 1.165) is 6.07 Å². The molecule has 7 heteroatoms. The maximum Gasteiger partial charge on any atom is 0.341 e. The lowest BCUT2D eigenvalue weighted by Crippen LogP contribution is -2.13. The number of nitriles is 1. The molecule has 18 heavy (non-hydrogen) atoms. The highest BCUT2D eigenvalue weighted by molar-refractivity contribution is 5.93. The molecule has 0 aliphatic carbocycles. The summed E-state index contributed by atoms with van der Waals surface area (Å²) in [4.78, 5) is 15.0. The second kappa shape index (κ2) is 5.91. The van der Waals surface area contributed by atoms with Crippen LogP contribution in [0.15, 0.2) is 6.07 Å². The van der Waals surface area contributed by atoms with Crippen LogP contribution in [0.4, 0.5) is 8.78 Å². The average Bonchev–Trinajstić information content (AvgIpc) is 2.37. The van der Waals surface area contributed by atoms with Gasteiger partial charge in [-0.3, -0.25) is 0 Å². The number of ether oxygens (including phenoxy) is 2. The van der Waals surface area contributed by atoms with Gasteiger partial charge in [-0.1, -0.05) is 0 Å². The maximum atomic E-state index is 12.8. The van der Waals surface area contributed by atoms with Gasteiger partial charge in [0.2, 0.25) is 5.88 Å². The molecule has 1 aromatic heterocycles. The highest BCUT2D eigenvalue weighted by Gasteiger charge is 2.26. The molecule has 0 saturated carbocycles. The Morgan fingerprint density at radius 1 is 1.61 bits per heavy atom. The van der Waals surface area contributed by atoms with Gasteiger partial charge in [-0.2, -0.15) is 5.26 Å². The van der Waals surface area contributed by atoms with E-state index in [0.29, 0.717) is 0 Å². The van der Waals surface area contributed by atoms with E-state index in [1.165, 1.54) is 14.0 Å². The zero-order chi connectivity index (χ0) is 13.7. The molecule has 0 spiro atoms. The number of halogens is 2. The summed E-state index contributed by atoms with van der Waals surface area (Å²) in [5, 5.41) is 8.88. The van der Waals surface area contributed by atoms with Crippen molar-refractivity contribution in [2.45, 2.75) is 13.3 Å². The van der Waals surface area contributed by atoms with Crippen LogP contribution < -0.4 is 4.74 Å². The fourth-order valence-corrected chi connectivity index (χ4v) is 1.31. The molecule has 0 aliphatic rings. The molecule has 1 rings (SSSR count). The van der Waals surface area contributed by atoms with Gasteiger partial charge in [-0.05, 0) is 6.92 Å². The van der Waals surface area contributed by atoms with Crippen LogP contribution in [0.2, 0.25) is 0 Å². The van der Waals surface area contributed by atoms with Crippen molar-refractivity contribution in [1.82, 2.24) is 4.98 Å². The van der Waals surface area contributed by atoms with Crippen LogP contribution in [0.5, 0.6) is 5.88 Å². The van der Waals surface area contributed by atoms with Crippen molar-refractivity contribution in [3.8, 4) is 11.9 Å². The van der Waals surface area contributed by atoms with E-state index >= 15 is 0 Å². The number of esters is 1. The van der Waals surface area contributed by atoms with E-state index in [1.807, 2.05) is 0 Å².